The third-order valence-electron chi connectivity index (χ3n) is 3.30. The Balaban J connectivity index is 1.75. The second kappa shape index (κ2) is 7.13. The lowest BCUT2D eigenvalue weighted by atomic mass is 10.1. The first-order valence-electron chi connectivity index (χ1n) is 7.12. The van der Waals surface area contributed by atoms with Crippen molar-refractivity contribution in [2.24, 2.45) is 0 Å². The summed E-state index contributed by atoms with van der Waals surface area (Å²) in [5.74, 6) is -0.257. The van der Waals surface area contributed by atoms with Crippen molar-refractivity contribution >= 4 is 17.2 Å². The standard InChI is InChI=1S/C17H15N3O2S/c21-11-14(12-6-2-1-3-7-12)20-16(22)15-10-19-17(23-15)13-8-4-5-9-18-13/h1-10,14,21H,11H2,(H,20,22). The van der Waals surface area contributed by atoms with E-state index in [1.54, 1.807) is 6.20 Å². The summed E-state index contributed by atoms with van der Waals surface area (Å²) in [5.41, 5.74) is 1.59. The number of amides is 1. The lowest BCUT2D eigenvalue weighted by Crippen LogP contribution is -2.30. The highest BCUT2D eigenvalue weighted by Gasteiger charge is 2.17. The van der Waals surface area contributed by atoms with Crippen LogP contribution in [0.1, 0.15) is 21.3 Å². The number of hydrogen-bond acceptors (Lipinski definition) is 5. The average molecular weight is 325 g/mol. The van der Waals surface area contributed by atoms with Gasteiger partial charge in [0.1, 0.15) is 9.88 Å². The van der Waals surface area contributed by atoms with Crippen molar-refractivity contribution in [2.75, 3.05) is 6.61 Å². The summed E-state index contributed by atoms with van der Waals surface area (Å²) in [6.45, 7) is -0.165. The summed E-state index contributed by atoms with van der Waals surface area (Å²) in [5, 5.41) is 13.0. The second-order valence-electron chi connectivity index (χ2n) is 4.86. The average Bonchev–Trinajstić information content (AvgIpc) is 3.11. The number of carbonyl (C=O) groups excluding carboxylic acids is 1. The molecule has 0 aliphatic rings. The van der Waals surface area contributed by atoms with Crippen LogP contribution in [0.4, 0.5) is 0 Å². The first kappa shape index (κ1) is 15.3. The number of aliphatic hydroxyl groups excluding tert-OH is 1. The van der Waals surface area contributed by atoms with Crippen molar-refractivity contribution in [3.8, 4) is 10.7 Å². The number of thiazole rings is 1. The van der Waals surface area contributed by atoms with Crippen LogP contribution in [0.5, 0.6) is 0 Å². The van der Waals surface area contributed by atoms with Crippen LogP contribution >= 0.6 is 11.3 Å². The van der Waals surface area contributed by atoms with Crippen LogP contribution in [0.25, 0.3) is 10.7 Å². The topological polar surface area (TPSA) is 75.1 Å². The maximum Gasteiger partial charge on any atom is 0.263 e. The van der Waals surface area contributed by atoms with Gasteiger partial charge >= 0.3 is 0 Å². The van der Waals surface area contributed by atoms with Crippen molar-refractivity contribution in [3.63, 3.8) is 0 Å². The Morgan fingerprint density at radius 1 is 1.13 bits per heavy atom. The first-order valence-corrected chi connectivity index (χ1v) is 7.93. The number of aromatic nitrogens is 2. The Bertz CT molecular complexity index is 775. The molecule has 3 rings (SSSR count). The molecule has 0 aliphatic carbocycles. The smallest absolute Gasteiger partial charge is 0.263 e. The van der Waals surface area contributed by atoms with E-state index in [9.17, 15) is 9.90 Å². The first-order chi connectivity index (χ1) is 11.3. The van der Waals surface area contributed by atoms with E-state index in [0.717, 1.165) is 11.3 Å². The van der Waals surface area contributed by atoms with Crippen LogP contribution in [0, 0.1) is 0 Å². The van der Waals surface area contributed by atoms with Crippen LogP contribution in [0.2, 0.25) is 0 Å². The van der Waals surface area contributed by atoms with Crippen LogP contribution < -0.4 is 5.32 Å². The Labute approximate surface area is 137 Å². The predicted molar refractivity (Wildman–Crippen MR) is 89.1 cm³/mol. The van der Waals surface area contributed by atoms with Crippen molar-refractivity contribution in [1.82, 2.24) is 15.3 Å². The SMILES string of the molecule is O=C(NC(CO)c1ccccc1)c1cnc(-c2ccccn2)s1. The van der Waals surface area contributed by atoms with Crippen molar-refractivity contribution in [3.05, 3.63) is 71.4 Å². The second-order valence-corrected chi connectivity index (χ2v) is 5.89. The zero-order valence-corrected chi connectivity index (χ0v) is 13.0. The van der Waals surface area contributed by atoms with E-state index >= 15 is 0 Å². The van der Waals surface area contributed by atoms with Gasteiger partial charge in [-0.1, -0.05) is 36.4 Å². The number of nitrogens with one attached hydrogen (secondary N) is 1. The summed E-state index contributed by atoms with van der Waals surface area (Å²) in [7, 11) is 0. The van der Waals surface area contributed by atoms with Gasteiger partial charge in [0, 0.05) is 6.20 Å². The molecular weight excluding hydrogens is 310 g/mol. The molecule has 0 saturated carbocycles. The fourth-order valence-electron chi connectivity index (χ4n) is 2.14. The van der Waals surface area contributed by atoms with Crippen molar-refractivity contribution < 1.29 is 9.90 Å². The van der Waals surface area contributed by atoms with Crippen LogP contribution in [0.15, 0.2) is 60.9 Å². The summed E-state index contributed by atoms with van der Waals surface area (Å²) in [4.78, 5) is 21.3. The molecule has 2 heterocycles. The molecule has 116 valence electrons. The zero-order chi connectivity index (χ0) is 16.1. The molecule has 0 saturated heterocycles. The Hall–Kier alpha value is -2.57. The quantitative estimate of drug-likeness (QED) is 0.756. The summed E-state index contributed by atoms with van der Waals surface area (Å²) < 4.78 is 0. The lowest BCUT2D eigenvalue weighted by molar-refractivity contribution is 0.0920. The third kappa shape index (κ3) is 3.61. The molecule has 0 spiro atoms. The van der Waals surface area contributed by atoms with Crippen LogP contribution in [0.3, 0.4) is 0 Å². The largest absolute Gasteiger partial charge is 0.394 e. The maximum absolute atomic E-state index is 12.4. The van der Waals surface area contributed by atoms with Gasteiger partial charge in [-0.3, -0.25) is 9.78 Å². The van der Waals surface area contributed by atoms with E-state index in [4.69, 9.17) is 0 Å². The minimum atomic E-state index is -0.441. The molecule has 2 aromatic heterocycles. The summed E-state index contributed by atoms with van der Waals surface area (Å²) in [6.07, 6.45) is 3.22. The minimum absolute atomic E-state index is 0.165. The molecule has 0 fully saturated rings. The number of pyridine rings is 1. The molecule has 1 unspecified atom stereocenters. The number of nitrogens with zero attached hydrogens (tertiary/aromatic N) is 2. The van der Waals surface area contributed by atoms with Gasteiger partial charge in [-0.05, 0) is 17.7 Å². The fraction of sp³-hybridized carbons (Fsp3) is 0.118. The zero-order valence-electron chi connectivity index (χ0n) is 12.2. The van der Waals surface area contributed by atoms with E-state index in [1.807, 2.05) is 48.5 Å². The highest BCUT2D eigenvalue weighted by Crippen LogP contribution is 2.23. The predicted octanol–water partition coefficient (Wildman–Crippen LogP) is 2.67. The van der Waals surface area contributed by atoms with Gasteiger partial charge < -0.3 is 10.4 Å². The molecule has 23 heavy (non-hydrogen) atoms. The van der Waals surface area contributed by atoms with Crippen LogP contribution in [-0.2, 0) is 0 Å². The van der Waals surface area contributed by atoms with Gasteiger partial charge in [-0.2, -0.15) is 0 Å². The molecule has 5 nitrogen and oxygen atoms in total. The fourth-order valence-corrected chi connectivity index (χ4v) is 2.93. The number of hydrogen-bond donors (Lipinski definition) is 2. The Morgan fingerprint density at radius 3 is 2.61 bits per heavy atom. The summed E-state index contributed by atoms with van der Waals surface area (Å²) >= 11 is 1.27. The van der Waals surface area contributed by atoms with Crippen molar-refractivity contribution in [1.29, 1.82) is 0 Å². The molecule has 0 aliphatic heterocycles. The lowest BCUT2D eigenvalue weighted by Gasteiger charge is -2.15. The highest BCUT2D eigenvalue weighted by atomic mass is 32.1. The van der Waals surface area contributed by atoms with E-state index in [1.165, 1.54) is 17.5 Å². The molecule has 0 radical (unpaired) electrons. The maximum atomic E-state index is 12.4. The molecular formula is C17H15N3O2S. The molecule has 6 heteroatoms. The van der Waals surface area contributed by atoms with E-state index in [0.29, 0.717) is 9.88 Å². The number of carbonyl (C=O) groups is 1. The monoisotopic (exact) mass is 325 g/mol. The van der Waals surface area contributed by atoms with Crippen LogP contribution in [-0.4, -0.2) is 27.6 Å². The number of aliphatic hydroxyl groups is 1. The van der Waals surface area contributed by atoms with E-state index < -0.39 is 6.04 Å². The Kier molecular flexibility index (Phi) is 4.75. The molecule has 3 aromatic rings. The van der Waals surface area contributed by atoms with Gasteiger partial charge in [0.15, 0.2) is 0 Å². The van der Waals surface area contributed by atoms with E-state index in [2.05, 4.69) is 15.3 Å². The molecule has 1 atom stereocenters. The third-order valence-corrected chi connectivity index (χ3v) is 4.32. The number of rotatable bonds is 5. The van der Waals surface area contributed by atoms with Gasteiger partial charge in [-0.25, -0.2) is 4.98 Å². The molecule has 1 aromatic carbocycles. The van der Waals surface area contributed by atoms with Gasteiger partial charge in [0.05, 0.1) is 24.5 Å². The van der Waals surface area contributed by atoms with Gasteiger partial charge in [-0.15, -0.1) is 11.3 Å². The molecule has 1 amide bonds. The van der Waals surface area contributed by atoms with E-state index in [-0.39, 0.29) is 12.5 Å². The minimum Gasteiger partial charge on any atom is -0.394 e. The summed E-state index contributed by atoms with van der Waals surface area (Å²) in [6, 6.07) is 14.5. The molecule has 2 N–H and O–H groups in total. The normalized spacial score (nSPS) is 11.9. The molecule has 0 bridgehead atoms. The van der Waals surface area contributed by atoms with Gasteiger partial charge in [0.2, 0.25) is 0 Å². The van der Waals surface area contributed by atoms with Crippen molar-refractivity contribution in [2.45, 2.75) is 6.04 Å². The van der Waals surface area contributed by atoms with Gasteiger partial charge in [0.25, 0.3) is 5.91 Å². The Morgan fingerprint density at radius 2 is 1.91 bits per heavy atom. The highest BCUT2D eigenvalue weighted by molar-refractivity contribution is 7.16. The number of benzene rings is 1.